The topological polar surface area (TPSA) is 153 Å². The number of benzene rings is 2. The highest BCUT2D eigenvalue weighted by Gasteiger charge is 2.15. The van der Waals surface area contributed by atoms with Gasteiger partial charge in [-0.3, -0.25) is 14.8 Å². The van der Waals surface area contributed by atoms with Crippen LogP contribution in [0.1, 0.15) is 23.7 Å². The summed E-state index contributed by atoms with van der Waals surface area (Å²) in [6.07, 6.45) is 6.55. The van der Waals surface area contributed by atoms with E-state index in [9.17, 15) is 13.2 Å². The van der Waals surface area contributed by atoms with E-state index in [2.05, 4.69) is 26.9 Å². The second-order valence-corrected chi connectivity index (χ2v) is 10.5. The van der Waals surface area contributed by atoms with Crippen LogP contribution in [-0.4, -0.2) is 30.5 Å². The van der Waals surface area contributed by atoms with Crippen molar-refractivity contribution in [1.82, 2.24) is 15.3 Å². The number of allylic oxidation sites excluding steroid dienone is 2. The van der Waals surface area contributed by atoms with Crippen molar-refractivity contribution >= 4 is 49.5 Å². The highest BCUT2D eigenvalue weighted by molar-refractivity contribution is 7.89. The van der Waals surface area contributed by atoms with Gasteiger partial charge >= 0.3 is 0 Å². The molecule has 0 saturated carbocycles. The lowest BCUT2D eigenvalue weighted by Crippen LogP contribution is -2.23. The third-order valence-corrected chi connectivity index (χ3v) is 6.91. The Labute approximate surface area is 221 Å². The van der Waals surface area contributed by atoms with Crippen molar-refractivity contribution in [2.24, 2.45) is 10.1 Å². The summed E-state index contributed by atoms with van der Waals surface area (Å²) in [5.74, 6) is 0.239. The van der Waals surface area contributed by atoms with Gasteiger partial charge in [0.05, 0.1) is 4.90 Å². The molecule has 4 aromatic rings. The number of pyridine rings is 2. The van der Waals surface area contributed by atoms with Crippen LogP contribution in [0.3, 0.4) is 0 Å². The third-order valence-electron chi connectivity index (χ3n) is 5.96. The van der Waals surface area contributed by atoms with Gasteiger partial charge in [-0.2, -0.15) is 0 Å². The van der Waals surface area contributed by atoms with E-state index < -0.39 is 10.0 Å². The largest absolute Gasteiger partial charge is 0.383 e. The molecule has 0 spiro atoms. The molecule has 4 rings (SSSR count). The van der Waals surface area contributed by atoms with Crippen molar-refractivity contribution in [3.63, 3.8) is 0 Å². The SMILES string of the molecule is C=C(Cc1cc(S(N)(=O)=O)c2cnc(C)cc2c1)/N=C\C=C(/C)C(=O)NCc1ccc2c(N)nccc2c1. The first-order chi connectivity index (χ1) is 18.0. The molecule has 0 radical (unpaired) electrons. The summed E-state index contributed by atoms with van der Waals surface area (Å²) >= 11 is 0. The number of sulfonamides is 1. The number of hydrogen-bond donors (Lipinski definition) is 3. The van der Waals surface area contributed by atoms with Gasteiger partial charge in [0.25, 0.3) is 0 Å². The molecule has 0 fully saturated rings. The number of primary sulfonamides is 1. The molecular formula is C28H28N6O3S. The van der Waals surface area contributed by atoms with Gasteiger partial charge in [0.1, 0.15) is 5.82 Å². The zero-order valence-corrected chi connectivity index (χ0v) is 21.9. The average molecular weight is 529 g/mol. The monoisotopic (exact) mass is 528 g/mol. The van der Waals surface area contributed by atoms with Crippen molar-refractivity contribution in [3.05, 3.63) is 95.6 Å². The predicted molar refractivity (Wildman–Crippen MR) is 151 cm³/mol. The van der Waals surface area contributed by atoms with Crippen molar-refractivity contribution < 1.29 is 13.2 Å². The highest BCUT2D eigenvalue weighted by Crippen LogP contribution is 2.26. The second-order valence-electron chi connectivity index (χ2n) is 8.99. The number of aliphatic imine (C=N–C) groups is 1. The zero-order valence-electron chi connectivity index (χ0n) is 21.1. The fraction of sp³-hybridized carbons (Fsp3) is 0.143. The lowest BCUT2D eigenvalue weighted by molar-refractivity contribution is -0.117. The van der Waals surface area contributed by atoms with Gasteiger partial charge in [0.15, 0.2) is 0 Å². The number of fused-ring (bicyclic) bond motifs is 2. The zero-order chi connectivity index (χ0) is 27.4. The molecule has 0 saturated heterocycles. The maximum atomic E-state index is 12.5. The summed E-state index contributed by atoms with van der Waals surface area (Å²) in [6.45, 7) is 7.83. The van der Waals surface area contributed by atoms with Crippen LogP contribution in [0.2, 0.25) is 0 Å². The fourth-order valence-electron chi connectivity index (χ4n) is 4.03. The van der Waals surface area contributed by atoms with Crippen LogP contribution in [-0.2, 0) is 27.8 Å². The molecular weight excluding hydrogens is 500 g/mol. The molecule has 0 aliphatic carbocycles. The van der Waals surface area contributed by atoms with Gasteiger partial charge in [-0.1, -0.05) is 24.8 Å². The van der Waals surface area contributed by atoms with Crippen LogP contribution in [0.4, 0.5) is 5.82 Å². The molecule has 0 atom stereocenters. The van der Waals surface area contributed by atoms with E-state index >= 15 is 0 Å². The predicted octanol–water partition coefficient (Wildman–Crippen LogP) is 3.71. The lowest BCUT2D eigenvalue weighted by Gasteiger charge is -2.09. The normalized spacial score (nSPS) is 12.3. The molecule has 38 heavy (non-hydrogen) atoms. The van der Waals surface area contributed by atoms with Crippen LogP contribution >= 0.6 is 0 Å². The van der Waals surface area contributed by atoms with Crippen LogP contribution in [0.5, 0.6) is 0 Å². The van der Waals surface area contributed by atoms with E-state index in [-0.39, 0.29) is 10.8 Å². The number of carbonyl (C=O) groups excluding carboxylic acids is 1. The molecule has 2 aromatic heterocycles. The van der Waals surface area contributed by atoms with Gasteiger partial charge in [-0.05, 0) is 66.1 Å². The molecule has 0 unspecified atom stereocenters. The molecule has 0 aliphatic rings. The minimum atomic E-state index is -3.95. The van der Waals surface area contributed by atoms with Crippen molar-refractivity contribution in [2.75, 3.05) is 5.73 Å². The number of rotatable bonds is 8. The molecule has 10 heteroatoms. The summed E-state index contributed by atoms with van der Waals surface area (Å²) in [5, 5.41) is 11.3. The maximum absolute atomic E-state index is 12.5. The summed E-state index contributed by atoms with van der Waals surface area (Å²) in [6, 6.07) is 12.8. The molecule has 0 bridgehead atoms. The minimum absolute atomic E-state index is 0.00763. The summed E-state index contributed by atoms with van der Waals surface area (Å²) in [7, 11) is -3.95. The molecule has 1 amide bonds. The van der Waals surface area contributed by atoms with Crippen molar-refractivity contribution in [1.29, 1.82) is 0 Å². The molecule has 9 nitrogen and oxygen atoms in total. The van der Waals surface area contributed by atoms with Crippen LogP contribution in [0.15, 0.2) is 88.7 Å². The van der Waals surface area contributed by atoms with Gasteiger partial charge in [-0.25, -0.2) is 18.5 Å². The fourth-order valence-corrected chi connectivity index (χ4v) is 4.82. The number of nitrogens with one attached hydrogen (secondary N) is 1. The Bertz CT molecular complexity index is 1740. The lowest BCUT2D eigenvalue weighted by atomic mass is 10.0. The standard InChI is InChI=1S/C28H28N6O3S/c1-17(28(35)34-15-20-4-5-24-22(12-20)7-9-32-27(24)29)6-8-31-18(2)10-21-13-23-11-19(3)33-16-25(23)26(14-21)38(30,36)37/h4-9,11-14,16H,2,10,15H2,1,3H3,(H2,29,32)(H,34,35)(H2,30,36,37)/b17-6+,31-8-. The molecule has 2 aromatic carbocycles. The highest BCUT2D eigenvalue weighted by atomic mass is 32.2. The van der Waals surface area contributed by atoms with Gasteiger partial charge < -0.3 is 11.1 Å². The average Bonchev–Trinajstić information content (AvgIpc) is 2.86. The van der Waals surface area contributed by atoms with Crippen LogP contribution in [0.25, 0.3) is 21.5 Å². The number of aryl methyl sites for hydroxylation is 1. The Morgan fingerprint density at radius 3 is 2.61 bits per heavy atom. The molecule has 194 valence electrons. The number of nitrogen functional groups attached to an aromatic ring is 1. The Hall–Kier alpha value is -4.41. The van der Waals surface area contributed by atoms with Gasteiger partial charge in [0, 0.05) is 59.3 Å². The van der Waals surface area contributed by atoms with E-state index in [0.29, 0.717) is 41.0 Å². The maximum Gasteiger partial charge on any atom is 0.247 e. The van der Waals surface area contributed by atoms with Crippen molar-refractivity contribution in [3.8, 4) is 0 Å². The Morgan fingerprint density at radius 2 is 1.84 bits per heavy atom. The Morgan fingerprint density at radius 1 is 1.08 bits per heavy atom. The number of carbonyl (C=O) groups is 1. The number of aromatic nitrogens is 2. The number of nitrogens with zero attached hydrogens (tertiary/aromatic N) is 3. The van der Waals surface area contributed by atoms with Gasteiger partial charge in [0.2, 0.25) is 15.9 Å². The smallest absolute Gasteiger partial charge is 0.247 e. The number of hydrogen-bond acceptors (Lipinski definition) is 7. The number of nitrogens with two attached hydrogens (primary N) is 2. The summed E-state index contributed by atoms with van der Waals surface area (Å²) < 4.78 is 24.3. The third kappa shape index (κ3) is 6.28. The molecule has 2 heterocycles. The molecule has 5 N–H and O–H groups in total. The van der Waals surface area contributed by atoms with Crippen LogP contribution in [0, 0.1) is 6.92 Å². The first-order valence-electron chi connectivity index (χ1n) is 11.7. The first-order valence-corrected chi connectivity index (χ1v) is 13.3. The van der Waals surface area contributed by atoms with Crippen molar-refractivity contribution in [2.45, 2.75) is 31.7 Å². The molecule has 0 aliphatic heterocycles. The van der Waals surface area contributed by atoms with E-state index in [1.54, 1.807) is 25.3 Å². The summed E-state index contributed by atoms with van der Waals surface area (Å²) in [4.78, 5) is 25.1. The van der Waals surface area contributed by atoms with E-state index in [1.807, 2.05) is 37.3 Å². The second kappa shape index (κ2) is 10.9. The number of amides is 1. The van der Waals surface area contributed by atoms with E-state index in [4.69, 9.17) is 10.9 Å². The van der Waals surface area contributed by atoms with E-state index in [0.717, 1.165) is 27.4 Å². The van der Waals surface area contributed by atoms with E-state index in [1.165, 1.54) is 18.5 Å². The quantitative estimate of drug-likeness (QED) is 0.234. The minimum Gasteiger partial charge on any atom is -0.383 e. The van der Waals surface area contributed by atoms with Gasteiger partial charge in [-0.15, -0.1) is 0 Å². The first kappa shape index (κ1) is 26.6. The summed E-state index contributed by atoms with van der Waals surface area (Å²) in [5.41, 5.74) is 9.24. The van der Waals surface area contributed by atoms with Crippen LogP contribution < -0.4 is 16.2 Å². The Balaban J connectivity index is 1.40. The number of anilines is 1. The Kier molecular flexibility index (Phi) is 7.65.